The van der Waals surface area contributed by atoms with Gasteiger partial charge < -0.3 is 48.6 Å². The summed E-state index contributed by atoms with van der Waals surface area (Å²) in [4.78, 5) is 44.4. The van der Waals surface area contributed by atoms with E-state index < -0.39 is 0 Å². The second-order valence-electron chi connectivity index (χ2n) is 23.4. The molecule has 0 saturated carbocycles. The molecule has 13 heteroatoms. The zero-order valence-corrected chi connectivity index (χ0v) is 54.4. The van der Waals surface area contributed by atoms with Crippen molar-refractivity contribution in [2.75, 3.05) is 110 Å². The highest BCUT2D eigenvalue weighted by Gasteiger charge is 2.13. The minimum atomic E-state index is -0.0540. The molecule has 0 aliphatic carbocycles. The van der Waals surface area contributed by atoms with Crippen LogP contribution in [-0.4, -0.2) is 142 Å². The Bertz CT molecular complexity index is 2780. The van der Waals surface area contributed by atoms with Gasteiger partial charge in [-0.2, -0.15) is 0 Å². The summed E-state index contributed by atoms with van der Waals surface area (Å²) in [5, 5.41) is 2.74. The molecule has 3 aliphatic rings. The molecule has 0 bridgehead atoms. The average molecular weight is 1220 g/mol. The number of hydrogen-bond donors (Lipinski definition) is 1. The Labute approximate surface area is 534 Å². The highest BCUT2D eigenvalue weighted by molar-refractivity contribution is 5.97. The minimum Gasteiger partial charge on any atom is -0.494 e. The number of para-hydroxylation sites is 1. The normalized spacial score (nSPS) is 13.9. The van der Waals surface area contributed by atoms with Crippen molar-refractivity contribution in [2.45, 2.75) is 137 Å². The average Bonchev–Trinajstić information content (AvgIpc) is 4.53. The number of Topliss-reactive ketones (excluding diaryl/α,β-unsaturated/α-hetero) is 2. The molecule has 3 fully saturated rings. The van der Waals surface area contributed by atoms with Crippen LogP contribution in [0.3, 0.4) is 0 Å². The van der Waals surface area contributed by atoms with Crippen LogP contribution in [0.25, 0.3) is 0 Å². The summed E-state index contributed by atoms with van der Waals surface area (Å²) in [5.41, 5.74) is 3.32. The molecular weight excluding hydrogens is 1110 g/mol. The molecular formula is C76H105N5O8. The molecule has 9 rings (SSSR count). The van der Waals surface area contributed by atoms with E-state index in [9.17, 15) is 14.4 Å². The molecule has 3 saturated heterocycles. The number of carbonyl (C=O) groups excluding carboxylic acids is 3. The molecule has 6 aromatic carbocycles. The molecule has 0 unspecified atom stereocenters. The van der Waals surface area contributed by atoms with Crippen LogP contribution in [0.5, 0.6) is 34.5 Å². The fourth-order valence-corrected chi connectivity index (χ4v) is 10.9. The first-order valence-corrected chi connectivity index (χ1v) is 33.5. The van der Waals surface area contributed by atoms with Crippen LogP contribution in [-0.2, 0) is 11.2 Å². The summed E-state index contributed by atoms with van der Waals surface area (Å²) in [5.74, 6) is 5.32. The van der Waals surface area contributed by atoms with Gasteiger partial charge in [0.25, 0.3) is 0 Å². The lowest BCUT2D eigenvalue weighted by Gasteiger charge is -2.17. The number of amides is 1. The fraction of sp³-hybridized carbons (Fsp3) is 0.487. The summed E-state index contributed by atoms with van der Waals surface area (Å²) in [6, 6.07) is 49.9. The van der Waals surface area contributed by atoms with Gasteiger partial charge in [-0.15, -0.1) is 0 Å². The molecule has 0 spiro atoms. The van der Waals surface area contributed by atoms with Gasteiger partial charge in [0.1, 0.15) is 34.5 Å². The molecule has 0 atom stereocenters. The maximum Gasteiger partial charge on any atom is 0.221 e. The predicted octanol–water partition coefficient (Wildman–Crippen LogP) is 16.2. The van der Waals surface area contributed by atoms with Crippen LogP contribution in [0.1, 0.15) is 157 Å². The number of benzene rings is 6. The highest BCUT2D eigenvalue weighted by Crippen LogP contribution is 2.25. The van der Waals surface area contributed by atoms with Gasteiger partial charge >= 0.3 is 0 Å². The lowest BCUT2D eigenvalue weighted by atomic mass is 10.0. The van der Waals surface area contributed by atoms with Gasteiger partial charge in [0, 0.05) is 36.7 Å². The largest absolute Gasteiger partial charge is 0.494 e. The van der Waals surface area contributed by atoms with Crippen molar-refractivity contribution in [2.24, 2.45) is 0 Å². The molecule has 3 heterocycles. The van der Waals surface area contributed by atoms with E-state index in [0.717, 1.165) is 129 Å². The summed E-state index contributed by atoms with van der Waals surface area (Å²) in [7, 11) is 0. The van der Waals surface area contributed by atoms with Gasteiger partial charge in [-0.1, -0.05) is 62.4 Å². The van der Waals surface area contributed by atoms with E-state index in [4.69, 9.17) is 23.7 Å². The summed E-state index contributed by atoms with van der Waals surface area (Å²) >= 11 is 0. The Morgan fingerprint density at radius 1 is 0.404 bits per heavy atom. The van der Waals surface area contributed by atoms with Crippen LogP contribution in [0.4, 0.5) is 5.69 Å². The number of anilines is 1. The number of ether oxygens (including phenoxy) is 5. The summed E-state index contributed by atoms with van der Waals surface area (Å²) < 4.78 is 28.8. The Balaban J connectivity index is 0.000000191. The van der Waals surface area contributed by atoms with E-state index >= 15 is 0 Å². The van der Waals surface area contributed by atoms with E-state index in [2.05, 4.69) is 38.8 Å². The second-order valence-corrected chi connectivity index (χ2v) is 23.4. The summed E-state index contributed by atoms with van der Waals surface area (Å²) in [6.45, 7) is 25.2. The number of hydrogen-bond acceptors (Lipinski definition) is 12. The summed E-state index contributed by atoms with van der Waals surface area (Å²) in [6.07, 6.45) is 20.5. The number of carbonyl (C=O) groups is 3. The number of ketones is 2. The van der Waals surface area contributed by atoms with Crippen molar-refractivity contribution >= 4 is 23.2 Å². The third-order valence-electron chi connectivity index (χ3n) is 16.2. The highest BCUT2D eigenvalue weighted by atomic mass is 16.5. The maximum atomic E-state index is 12.3. The van der Waals surface area contributed by atoms with Crippen molar-refractivity contribution in [3.63, 3.8) is 0 Å². The van der Waals surface area contributed by atoms with Crippen LogP contribution in [0, 0.1) is 0 Å². The lowest BCUT2D eigenvalue weighted by Crippen LogP contribution is -2.25. The number of rotatable bonds is 35. The quantitative estimate of drug-likeness (QED) is 0.0301. The van der Waals surface area contributed by atoms with Crippen LogP contribution in [0.2, 0.25) is 0 Å². The van der Waals surface area contributed by atoms with Gasteiger partial charge in [0.15, 0.2) is 11.6 Å². The van der Waals surface area contributed by atoms with Crippen molar-refractivity contribution < 1.29 is 38.1 Å². The van der Waals surface area contributed by atoms with E-state index in [1.807, 2.05) is 158 Å². The number of nitrogens with one attached hydrogen (secondary N) is 1. The zero-order chi connectivity index (χ0) is 62.8. The molecule has 13 nitrogen and oxygen atoms in total. The first-order valence-electron chi connectivity index (χ1n) is 33.5. The molecule has 89 heavy (non-hydrogen) atoms. The third kappa shape index (κ3) is 30.8. The van der Waals surface area contributed by atoms with E-state index in [0.29, 0.717) is 6.42 Å². The molecule has 482 valence electrons. The van der Waals surface area contributed by atoms with Gasteiger partial charge in [-0.3, -0.25) is 14.4 Å². The maximum absolute atomic E-state index is 12.3. The van der Waals surface area contributed by atoms with Crippen LogP contribution >= 0.6 is 0 Å². The smallest absolute Gasteiger partial charge is 0.221 e. The van der Waals surface area contributed by atoms with Crippen molar-refractivity contribution in [3.05, 3.63) is 174 Å². The number of nitrogens with zero attached hydrogens (tertiary/aromatic N) is 4. The van der Waals surface area contributed by atoms with Gasteiger partial charge in [-0.05, 0) is 296 Å². The second kappa shape index (κ2) is 43.6. The van der Waals surface area contributed by atoms with E-state index in [1.165, 1.54) is 143 Å². The lowest BCUT2D eigenvalue weighted by molar-refractivity contribution is -0.114. The molecule has 6 aromatic rings. The number of unbranched alkanes of at least 4 members (excludes halogenated alkanes) is 6. The third-order valence-corrected chi connectivity index (χ3v) is 16.2. The fourth-order valence-electron chi connectivity index (χ4n) is 10.9. The monoisotopic (exact) mass is 1220 g/mol. The van der Waals surface area contributed by atoms with Crippen molar-refractivity contribution in [1.82, 2.24) is 19.6 Å². The topological polar surface area (TPSA) is 122 Å². The van der Waals surface area contributed by atoms with Crippen LogP contribution < -0.4 is 29.0 Å². The van der Waals surface area contributed by atoms with Gasteiger partial charge in [0.05, 0.1) is 26.4 Å². The Morgan fingerprint density at radius 2 is 0.764 bits per heavy atom. The Kier molecular flexibility index (Phi) is 34.8. The minimum absolute atomic E-state index is 0.0540. The first-order chi connectivity index (χ1) is 43.6. The zero-order valence-electron chi connectivity index (χ0n) is 54.4. The van der Waals surface area contributed by atoms with E-state index in [-0.39, 0.29) is 17.5 Å². The molecule has 0 radical (unpaired) electrons. The van der Waals surface area contributed by atoms with Gasteiger partial charge in [-0.25, -0.2) is 0 Å². The standard InChI is InChI=1S/C23H29NO2.C21H27NO2.C17H26N2O2.C15H23NO2/c25-23(19-20-9-3-1-4-10-20)21-11-13-22(14-12-21)26-18-8-2-5-15-24-16-6-7-17-24;1-3-9-20(10-4-1)24-21-13-11-19(12-14-21)23-18-8-2-5-15-22-16-6-7-17-22;1-15(20)18-16-7-9-17(10-8-16)21-14-6-2-3-11-19-12-4-5-13-19;1-4-16(5-2)11-6-12-18-15-9-7-14(8-10-15)13(3)17/h1,3-4,9-14H,2,5-8,15-19H2;1,3-4,9-14H,2,5-8,15-18H2;7-10H,2-6,11-14H2,1H3,(H,18,20);7-10H,4-6,11-12H2,1-3H3. The Hall–Kier alpha value is -7.03. The van der Waals surface area contributed by atoms with Crippen LogP contribution in [0.15, 0.2) is 158 Å². The van der Waals surface area contributed by atoms with Crippen molar-refractivity contribution in [3.8, 4) is 34.5 Å². The Morgan fingerprint density at radius 3 is 1.17 bits per heavy atom. The SMILES string of the molecule is CC(=O)Nc1ccc(OCCCCCN2CCCC2)cc1.CCN(CC)CCCOc1ccc(C(C)=O)cc1.O=C(Cc1ccccc1)c1ccc(OCCCCCN2CCCC2)cc1.c1ccc(Oc2ccc(OCCCCCN3CCCC3)cc2)cc1. The van der Waals surface area contributed by atoms with Gasteiger partial charge in [0.2, 0.25) is 5.91 Å². The molecule has 0 aromatic heterocycles. The molecule has 3 aliphatic heterocycles. The predicted molar refractivity (Wildman–Crippen MR) is 364 cm³/mol. The number of likely N-dealkylation sites (tertiary alicyclic amines) is 3. The van der Waals surface area contributed by atoms with E-state index in [1.54, 1.807) is 6.92 Å². The van der Waals surface area contributed by atoms with Crippen molar-refractivity contribution in [1.29, 1.82) is 0 Å². The molecule has 1 amide bonds. The molecule has 1 N–H and O–H groups in total. The first kappa shape index (κ1) is 71.1.